The van der Waals surface area contributed by atoms with Crippen LogP contribution in [0.4, 0.5) is 10.1 Å². The standard InChI is InChI=1S/C15H12FN3O2/c1-8-6-10(16)3-4-11(8)14-18-15(21-19-14)9-2-5-12(17)13(20)7-9/h2-7,20H,17H2,1H3. The Morgan fingerprint density at radius 1 is 1.19 bits per heavy atom. The Hall–Kier alpha value is -2.89. The van der Waals surface area contributed by atoms with Gasteiger partial charge in [0.05, 0.1) is 5.69 Å². The van der Waals surface area contributed by atoms with E-state index in [2.05, 4.69) is 10.1 Å². The number of halogens is 1. The fourth-order valence-electron chi connectivity index (χ4n) is 2.00. The molecule has 0 aliphatic rings. The number of hydrogen-bond acceptors (Lipinski definition) is 5. The minimum atomic E-state index is -0.316. The van der Waals surface area contributed by atoms with Crippen molar-refractivity contribution in [2.45, 2.75) is 6.92 Å². The van der Waals surface area contributed by atoms with Gasteiger partial charge in [0.1, 0.15) is 11.6 Å². The molecule has 0 aliphatic heterocycles. The second kappa shape index (κ2) is 4.90. The number of rotatable bonds is 2. The van der Waals surface area contributed by atoms with Crippen LogP contribution in [0.2, 0.25) is 0 Å². The molecule has 0 saturated heterocycles. The van der Waals surface area contributed by atoms with Gasteiger partial charge >= 0.3 is 0 Å². The molecule has 2 aromatic carbocycles. The molecule has 3 N–H and O–H groups in total. The average Bonchev–Trinajstić information content (AvgIpc) is 2.91. The van der Waals surface area contributed by atoms with Crippen molar-refractivity contribution < 1.29 is 14.0 Å². The summed E-state index contributed by atoms with van der Waals surface area (Å²) in [7, 11) is 0. The van der Waals surface area contributed by atoms with Gasteiger partial charge < -0.3 is 15.4 Å². The van der Waals surface area contributed by atoms with Gasteiger partial charge in [0.15, 0.2) is 0 Å². The molecule has 6 heteroatoms. The molecule has 0 atom stereocenters. The van der Waals surface area contributed by atoms with Crippen molar-refractivity contribution in [2.24, 2.45) is 0 Å². The quantitative estimate of drug-likeness (QED) is 0.558. The number of nitrogens with zero attached hydrogens (tertiary/aromatic N) is 2. The van der Waals surface area contributed by atoms with E-state index in [1.165, 1.54) is 18.2 Å². The van der Waals surface area contributed by atoms with Gasteiger partial charge in [-0.05, 0) is 48.9 Å². The third kappa shape index (κ3) is 2.43. The number of aromatic nitrogens is 2. The molecule has 0 fully saturated rings. The number of benzene rings is 2. The maximum Gasteiger partial charge on any atom is 0.258 e. The summed E-state index contributed by atoms with van der Waals surface area (Å²) in [6.07, 6.45) is 0. The van der Waals surface area contributed by atoms with Crippen molar-refractivity contribution >= 4 is 5.69 Å². The number of aromatic hydroxyl groups is 1. The van der Waals surface area contributed by atoms with Crippen molar-refractivity contribution in [1.82, 2.24) is 10.1 Å². The van der Waals surface area contributed by atoms with E-state index < -0.39 is 0 Å². The van der Waals surface area contributed by atoms with Gasteiger partial charge in [0.25, 0.3) is 5.89 Å². The van der Waals surface area contributed by atoms with E-state index in [4.69, 9.17) is 10.3 Å². The molecule has 0 saturated carbocycles. The minimum absolute atomic E-state index is 0.0507. The fourth-order valence-corrected chi connectivity index (χ4v) is 2.00. The summed E-state index contributed by atoms with van der Waals surface area (Å²) < 4.78 is 18.3. The Bertz CT molecular complexity index is 814. The number of anilines is 1. The molecular formula is C15H12FN3O2. The lowest BCUT2D eigenvalue weighted by Crippen LogP contribution is -1.88. The van der Waals surface area contributed by atoms with Gasteiger partial charge in [0, 0.05) is 11.1 Å². The van der Waals surface area contributed by atoms with E-state index in [0.717, 1.165) is 0 Å². The lowest BCUT2D eigenvalue weighted by molar-refractivity contribution is 0.431. The van der Waals surface area contributed by atoms with Crippen molar-refractivity contribution in [3.05, 3.63) is 47.8 Å². The molecule has 0 bridgehead atoms. The second-order valence-corrected chi connectivity index (χ2v) is 4.66. The Balaban J connectivity index is 2.01. The maximum absolute atomic E-state index is 13.1. The van der Waals surface area contributed by atoms with E-state index in [0.29, 0.717) is 22.5 Å². The minimum Gasteiger partial charge on any atom is -0.506 e. The fraction of sp³-hybridized carbons (Fsp3) is 0.0667. The maximum atomic E-state index is 13.1. The Kier molecular flexibility index (Phi) is 3.06. The van der Waals surface area contributed by atoms with Crippen LogP contribution in [0.3, 0.4) is 0 Å². The molecule has 1 aromatic heterocycles. The van der Waals surface area contributed by atoms with Gasteiger partial charge in [0.2, 0.25) is 5.82 Å². The van der Waals surface area contributed by atoms with Gasteiger partial charge in [-0.15, -0.1) is 0 Å². The number of nitrogen functional groups attached to an aromatic ring is 1. The monoisotopic (exact) mass is 285 g/mol. The number of nitrogens with two attached hydrogens (primary N) is 1. The molecule has 21 heavy (non-hydrogen) atoms. The smallest absolute Gasteiger partial charge is 0.258 e. The largest absolute Gasteiger partial charge is 0.506 e. The molecule has 106 valence electrons. The SMILES string of the molecule is Cc1cc(F)ccc1-c1noc(-c2ccc(N)c(O)c2)n1. The van der Waals surface area contributed by atoms with Crippen molar-refractivity contribution in [3.63, 3.8) is 0 Å². The topological polar surface area (TPSA) is 85.2 Å². The summed E-state index contributed by atoms with van der Waals surface area (Å²) >= 11 is 0. The Morgan fingerprint density at radius 3 is 2.71 bits per heavy atom. The predicted octanol–water partition coefficient (Wildman–Crippen LogP) is 3.14. The average molecular weight is 285 g/mol. The first-order chi connectivity index (χ1) is 10.0. The summed E-state index contributed by atoms with van der Waals surface area (Å²) in [5, 5.41) is 13.5. The highest BCUT2D eigenvalue weighted by atomic mass is 19.1. The molecule has 0 aliphatic carbocycles. The highest BCUT2D eigenvalue weighted by Crippen LogP contribution is 2.29. The zero-order chi connectivity index (χ0) is 15.0. The van der Waals surface area contributed by atoms with Crippen LogP contribution < -0.4 is 5.73 Å². The normalized spacial score (nSPS) is 10.8. The highest BCUT2D eigenvalue weighted by Gasteiger charge is 2.13. The van der Waals surface area contributed by atoms with E-state index in [1.54, 1.807) is 25.1 Å². The molecule has 3 rings (SSSR count). The van der Waals surface area contributed by atoms with Gasteiger partial charge in [-0.3, -0.25) is 0 Å². The van der Waals surface area contributed by atoms with Crippen LogP contribution in [0.15, 0.2) is 40.9 Å². The van der Waals surface area contributed by atoms with E-state index in [-0.39, 0.29) is 23.1 Å². The zero-order valence-electron chi connectivity index (χ0n) is 11.2. The number of aryl methyl sites for hydroxylation is 1. The molecule has 0 spiro atoms. The van der Waals surface area contributed by atoms with Crippen LogP contribution in [0.25, 0.3) is 22.8 Å². The van der Waals surface area contributed by atoms with Crippen molar-refractivity contribution in [2.75, 3.05) is 5.73 Å². The van der Waals surface area contributed by atoms with Crippen LogP contribution in [-0.2, 0) is 0 Å². The Labute approximate surface area is 119 Å². The highest BCUT2D eigenvalue weighted by molar-refractivity contribution is 5.66. The third-order valence-corrected chi connectivity index (χ3v) is 3.13. The molecule has 3 aromatic rings. The predicted molar refractivity (Wildman–Crippen MR) is 75.9 cm³/mol. The van der Waals surface area contributed by atoms with Crippen molar-refractivity contribution in [1.29, 1.82) is 0 Å². The van der Waals surface area contributed by atoms with Crippen LogP contribution in [0.1, 0.15) is 5.56 Å². The summed E-state index contributed by atoms with van der Waals surface area (Å²) in [4.78, 5) is 4.26. The summed E-state index contributed by atoms with van der Waals surface area (Å²) in [6, 6.07) is 9.01. The van der Waals surface area contributed by atoms with Gasteiger partial charge in [-0.1, -0.05) is 5.16 Å². The number of phenols is 1. The first-order valence-electron chi connectivity index (χ1n) is 6.23. The third-order valence-electron chi connectivity index (χ3n) is 3.13. The first-order valence-corrected chi connectivity index (χ1v) is 6.23. The van der Waals surface area contributed by atoms with Crippen LogP contribution >= 0.6 is 0 Å². The second-order valence-electron chi connectivity index (χ2n) is 4.66. The van der Waals surface area contributed by atoms with E-state index in [9.17, 15) is 9.50 Å². The number of phenolic OH excluding ortho intramolecular Hbond substituents is 1. The number of hydrogen-bond donors (Lipinski definition) is 2. The molecule has 0 unspecified atom stereocenters. The molecule has 1 heterocycles. The lowest BCUT2D eigenvalue weighted by Gasteiger charge is -2.00. The van der Waals surface area contributed by atoms with Crippen LogP contribution in [-0.4, -0.2) is 15.2 Å². The molecule has 0 amide bonds. The Morgan fingerprint density at radius 2 is 2.00 bits per heavy atom. The van der Waals surface area contributed by atoms with Gasteiger partial charge in [-0.25, -0.2) is 4.39 Å². The van der Waals surface area contributed by atoms with Crippen molar-refractivity contribution in [3.8, 4) is 28.6 Å². The van der Waals surface area contributed by atoms with Crippen LogP contribution in [0.5, 0.6) is 5.75 Å². The molecule has 5 nitrogen and oxygen atoms in total. The van der Waals surface area contributed by atoms with E-state index >= 15 is 0 Å². The van der Waals surface area contributed by atoms with Gasteiger partial charge in [-0.2, -0.15) is 4.98 Å². The van der Waals surface area contributed by atoms with E-state index in [1.807, 2.05) is 0 Å². The lowest BCUT2D eigenvalue weighted by atomic mass is 10.1. The van der Waals surface area contributed by atoms with Crippen LogP contribution in [0, 0.1) is 12.7 Å². The summed E-state index contributed by atoms with van der Waals surface area (Å²) in [5.41, 5.74) is 7.77. The summed E-state index contributed by atoms with van der Waals surface area (Å²) in [5.74, 6) is 0.247. The zero-order valence-corrected chi connectivity index (χ0v) is 11.2. The first kappa shape index (κ1) is 13.1. The molecule has 0 radical (unpaired) electrons. The summed E-state index contributed by atoms with van der Waals surface area (Å²) in [6.45, 7) is 1.77. The molecular weight excluding hydrogens is 273 g/mol.